The molecule has 0 saturated heterocycles. The Balaban J connectivity index is 1.72. The first-order chi connectivity index (χ1) is 16.9. The third-order valence-electron chi connectivity index (χ3n) is 6.01. The van der Waals surface area contributed by atoms with Crippen molar-refractivity contribution in [2.75, 3.05) is 45.9 Å². The maximum Gasteiger partial charge on any atom is 0.124 e. The number of fused-ring (bicyclic) bond motifs is 1. The van der Waals surface area contributed by atoms with Gasteiger partial charge in [-0.1, -0.05) is 0 Å². The van der Waals surface area contributed by atoms with Crippen molar-refractivity contribution < 1.29 is 19.3 Å². The molecule has 0 spiro atoms. The highest BCUT2D eigenvalue weighted by molar-refractivity contribution is 5.82. The number of hydrogen-bond acceptors (Lipinski definition) is 9. The van der Waals surface area contributed by atoms with E-state index in [2.05, 4.69) is 28.9 Å². The van der Waals surface area contributed by atoms with Gasteiger partial charge in [-0.2, -0.15) is 5.10 Å². The van der Waals surface area contributed by atoms with Crippen molar-refractivity contribution in [2.24, 2.45) is 5.10 Å². The standard InChI is InChI=1S/C26H33N5O4/c1-17(2)31-14-18(12-28-31)26-13-27-24-7-6-19(10-25(24)29-26)30(15-21(32)16-33-3)20-8-22(34-4)11-23(9-20)35-5/h6-13,17-18,21,32H,14-16H2,1-5H3/t18?,21-/m0/s1. The van der Waals surface area contributed by atoms with Crippen LogP contribution >= 0.6 is 0 Å². The van der Waals surface area contributed by atoms with E-state index in [9.17, 15) is 5.11 Å². The molecule has 0 fully saturated rings. The molecule has 0 aliphatic carbocycles. The fourth-order valence-electron chi connectivity index (χ4n) is 4.10. The largest absolute Gasteiger partial charge is 0.497 e. The Morgan fingerprint density at radius 2 is 1.77 bits per heavy atom. The van der Waals surface area contributed by atoms with Crippen LogP contribution in [0.3, 0.4) is 0 Å². The Morgan fingerprint density at radius 3 is 2.40 bits per heavy atom. The number of aliphatic hydroxyl groups excluding tert-OH is 1. The Labute approximate surface area is 206 Å². The molecular weight excluding hydrogens is 446 g/mol. The van der Waals surface area contributed by atoms with Crippen molar-refractivity contribution in [1.82, 2.24) is 15.0 Å². The number of nitrogens with zero attached hydrogens (tertiary/aromatic N) is 5. The lowest BCUT2D eigenvalue weighted by molar-refractivity contribution is 0.0702. The predicted molar refractivity (Wildman–Crippen MR) is 137 cm³/mol. The van der Waals surface area contributed by atoms with Crippen LogP contribution in [0.1, 0.15) is 25.5 Å². The van der Waals surface area contributed by atoms with Gasteiger partial charge in [0.05, 0.1) is 56.1 Å². The summed E-state index contributed by atoms with van der Waals surface area (Å²) >= 11 is 0. The van der Waals surface area contributed by atoms with Crippen LogP contribution in [0.25, 0.3) is 11.0 Å². The second kappa shape index (κ2) is 10.9. The number of benzene rings is 2. The molecule has 0 radical (unpaired) electrons. The summed E-state index contributed by atoms with van der Waals surface area (Å²) in [4.78, 5) is 11.6. The van der Waals surface area contributed by atoms with Crippen molar-refractivity contribution in [3.05, 3.63) is 48.3 Å². The number of hydrogen-bond donors (Lipinski definition) is 1. The van der Waals surface area contributed by atoms with Gasteiger partial charge < -0.3 is 24.2 Å². The monoisotopic (exact) mass is 479 g/mol. The van der Waals surface area contributed by atoms with E-state index in [1.165, 1.54) is 0 Å². The van der Waals surface area contributed by atoms with Crippen molar-refractivity contribution in [2.45, 2.75) is 31.9 Å². The van der Waals surface area contributed by atoms with Gasteiger partial charge in [0, 0.05) is 61.7 Å². The molecule has 1 aliphatic rings. The average molecular weight is 480 g/mol. The minimum absolute atomic E-state index is 0.0974. The maximum atomic E-state index is 10.6. The lowest BCUT2D eigenvalue weighted by Gasteiger charge is -2.28. The number of ether oxygens (including phenoxy) is 3. The summed E-state index contributed by atoms with van der Waals surface area (Å²) in [5.41, 5.74) is 4.13. The molecule has 2 atom stereocenters. The highest BCUT2D eigenvalue weighted by atomic mass is 16.5. The summed E-state index contributed by atoms with van der Waals surface area (Å²) in [6, 6.07) is 11.9. The van der Waals surface area contributed by atoms with E-state index in [4.69, 9.17) is 19.2 Å². The molecule has 2 heterocycles. The molecule has 0 amide bonds. The molecule has 3 aromatic rings. The van der Waals surface area contributed by atoms with E-state index in [1.807, 2.05) is 53.7 Å². The first kappa shape index (κ1) is 24.7. The lowest BCUT2D eigenvalue weighted by Crippen LogP contribution is -2.31. The van der Waals surface area contributed by atoms with Crippen LogP contribution in [0.15, 0.2) is 47.7 Å². The predicted octanol–water partition coefficient (Wildman–Crippen LogP) is 3.59. The van der Waals surface area contributed by atoms with Crippen LogP contribution in [-0.4, -0.2) is 79.5 Å². The van der Waals surface area contributed by atoms with E-state index in [-0.39, 0.29) is 12.5 Å². The van der Waals surface area contributed by atoms with Gasteiger partial charge in [0.25, 0.3) is 0 Å². The number of methoxy groups -OCH3 is 3. The molecule has 9 heteroatoms. The van der Waals surface area contributed by atoms with Crippen molar-refractivity contribution in [1.29, 1.82) is 0 Å². The van der Waals surface area contributed by atoms with Crippen LogP contribution < -0.4 is 14.4 Å². The van der Waals surface area contributed by atoms with Gasteiger partial charge in [0.2, 0.25) is 0 Å². The first-order valence-corrected chi connectivity index (χ1v) is 11.7. The van der Waals surface area contributed by atoms with Crippen LogP contribution in [-0.2, 0) is 4.74 Å². The first-order valence-electron chi connectivity index (χ1n) is 11.7. The minimum atomic E-state index is -0.706. The second-order valence-electron chi connectivity index (χ2n) is 8.85. The van der Waals surface area contributed by atoms with Crippen LogP contribution in [0.5, 0.6) is 11.5 Å². The van der Waals surface area contributed by atoms with Crippen molar-refractivity contribution in [3.8, 4) is 11.5 Å². The quantitative estimate of drug-likeness (QED) is 0.472. The highest BCUT2D eigenvalue weighted by Gasteiger charge is 2.23. The fourth-order valence-corrected chi connectivity index (χ4v) is 4.10. The summed E-state index contributed by atoms with van der Waals surface area (Å²) in [7, 11) is 4.80. The van der Waals surface area contributed by atoms with Gasteiger partial charge in [-0.05, 0) is 32.0 Å². The number of aliphatic hydroxyl groups is 1. The Bertz CT molecular complexity index is 1160. The molecule has 4 rings (SSSR count). The number of rotatable bonds is 10. The van der Waals surface area contributed by atoms with Gasteiger partial charge in [-0.3, -0.25) is 9.99 Å². The SMILES string of the molecule is COC[C@@H](O)CN(c1cc(OC)cc(OC)c1)c1ccc2ncc(C3C=NN(C(C)C)C3)nc2c1. The molecule has 0 bridgehead atoms. The molecule has 2 aromatic carbocycles. The van der Waals surface area contributed by atoms with Crippen molar-refractivity contribution in [3.63, 3.8) is 0 Å². The molecule has 1 aliphatic heterocycles. The zero-order valence-corrected chi connectivity index (χ0v) is 20.9. The smallest absolute Gasteiger partial charge is 0.124 e. The van der Waals surface area contributed by atoms with Gasteiger partial charge in [-0.15, -0.1) is 0 Å². The summed E-state index contributed by atoms with van der Waals surface area (Å²) in [6.45, 7) is 5.55. The van der Waals surface area contributed by atoms with E-state index in [1.54, 1.807) is 21.3 Å². The molecule has 0 saturated carbocycles. The molecule has 9 nitrogen and oxygen atoms in total. The zero-order valence-electron chi connectivity index (χ0n) is 20.9. The topological polar surface area (TPSA) is 92.5 Å². The fraction of sp³-hybridized carbons (Fsp3) is 0.423. The van der Waals surface area contributed by atoms with Crippen LogP contribution in [0.2, 0.25) is 0 Å². The summed E-state index contributed by atoms with van der Waals surface area (Å²) < 4.78 is 16.1. The van der Waals surface area contributed by atoms with Gasteiger partial charge in [0.1, 0.15) is 11.5 Å². The van der Waals surface area contributed by atoms with Crippen LogP contribution in [0, 0.1) is 0 Å². The summed E-state index contributed by atoms with van der Waals surface area (Å²) in [5, 5.41) is 17.2. The van der Waals surface area contributed by atoms with E-state index in [0.717, 1.165) is 34.6 Å². The summed E-state index contributed by atoms with van der Waals surface area (Å²) in [5.74, 6) is 1.41. The third kappa shape index (κ3) is 5.63. The number of hydrazone groups is 1. The average Bonchev–Trinajstić information content (AvgIpc) is 3.37. The molecule has 1 N–H and O–H groups in total. The molecular formula is C26H33N5O4. The molecule has 35 heavy (non-hydrogen) atoms. The Morgan fingerprint density at radius 1 is 1.03 bits per heavy atom. The molecule has 1 aromatic heterocycles. The van der Waals surface area contributed by atoms with E-state index < -0.39 is 6.10 Å². The minimum Gasteiger partial charge on any atom is -0.497 e. The normalized spacial score (nSPS) is 16.2. The molecule has 1 unspecified atom stereocenters. The van der Waals surface area contributed by atoms with Gasteiger partial charge in [0.15, 0.2) is 0 Å². The Hall–Kier alpha value is -3.43. The second-order valence-corrected chi connectivity index (χ2v) is 8.85. The maximum absolute atomic E-state index is 10.6. The van der Waals surface area contributed by atoms with Crippen molar-refractivity contribution >= 4 is 28.6 Å². The number of anilines is 2. The third-order valence-corrected chi connectivity index (χ3v) is 6.01. The van der Waals surface area contributed by atoms with Crippen LogP contribution in [0.4, 0.5) is 11.4 Å². The molecule has 186 valence electrons. The lowest BCUT2D eigenvalue weighted by atomic mass is 10.1. The van der Waals surface area contributed by atoms with Gasteiger partial charge >= 0.3 is 0 Å². The highest BCUT2D eigenvalue weighted by Crippen LogP contribution is 2.34. The zero-order chi connectivity index (χ0) is 24.9. The van der Waals surface area contributed by atoms with Gasteiger partial charge in [-0.25, -0.2) is 4.98 Å². The Kier molecular flexibility index (Phi) is 7.67. The number of aromatic nitrogens is 2. The van der Waals surface area contributed by atoms with E-state index in [0.29, 0.717) is 24.1 Å². The summed E-state index contributed by atoms with van der Waals surface area (Å²) in [6.07, 6.45) is 3.06. The van der Waals surface area contributed by atoms with E-state index >= 15 is 0 Å².